The van der Waals surface area contributed by atoms with Crippen LogP contribution in [0.2, 0.25) is 0 Å². The van der Waals surface area contributed by atoms with Crippen LogP contribution in [0.3, 0.4) is 0 Å². The first-order chi connectivity index (χ1) is 13.7. The summed E-state index contributed by atoms with van der Waals surface area (Å²) >= 11 is 1.88. The van der Waals surface area contributed by atoms with E-state index in [1.807, 2.05) is 40.9 Å². The smallest absolute Gasteiger partial charge is 0.256 e. The Morgan fingerprint density at radius 1 is 0.929 bits per heavy atom. The van der Waals surface area contributed by atoms with Crippen LogP contribution < -0.4 is 5.32 Å². The van der Waals surface area contributed by atoms with E-state index < -0.39 is 0 Å². The third-order valence-electron chi connectivity index (χ3n) is 5.24. The fraction of sp³-hybridized carbons (Fsp3) is 0.652. The maximum absolute atomic E-state index is 12.8. The topological polar surface area (TPSA) is 49.4 Å². The summed E-state index contributed by atoms with van der Waals surface area (Å²) in [6, 6.07) is 7.39. The number of hydrogen-bond acceptors (Lipinski definition) is 3. The molecule has 1 saturated heterocycles. The van der Waals surface area contributed by atoms with Crippen molar-refractivity contribution in [3.8, 4) is 0 Å². The summed E-state index contributed by atoms with van der Waals surface area (Å²) in [4.78, 5) is 27.0. The molecule has 0 aliphatic carbocycles. The molecule has 156 valence electrons. The van der Waals surface area contributed by atoms with E-state index in [1.165, 1.54) is 44.9 Å². The quantitative estimate of drug-likeness (QED) is 0.452. The Morgan fingerprint density at radius 2 is 1.54 bits per heavy atom. The maximum Gasteiger partial charge on any atom is 0.256 e. The van der Waals surface area contributed by atoms with Crippen LogP contribution in [0.5, 0.6) is 0 Å². The Hall–Kier alpha value is -1.49. The van der Waals surface area contributed by atoms with Gasteiger partial charge < -0.3 is 10.2 Å². The molecule has 2 amide bonds. The number of benzene rings is 1. The van der Waals surface area contributed by atoms with Gasteiger partial charge in [0.25, 0.3) is 5.91 Å². The molecule has 1 N–H and O–H groups in total. The van der Waals surface area contributed by atoms with Crippen molar-refractivity contribution in [3.63, 3.8) is 0 Å². The number of carbonyl (C=O) groups is 2. The van der Waals surface area contributed by atoms with Crippen LogP contribution in [0.1, 0.15) is 81.5 Å². The highest BCUT2D eigenvalue weighted by molar-refractivity contribution is 7.99. The first-order valence-electron chi connectivity index (χ1n) is 11.0. The van der Waals surface area contributed by atoms with E-state index in [0.29, 0.717) is 17.7 Å². The van der Waals surface area contributed by atoms with Crippen LogP contribution in [0, 0.1) is 0 Å². The lowest BCUT2D eigenvalue weighted by Gasteiger charge is -2.27. The Balaban J connectivity index is 1.70. The molecule has 0 unspecified atom stereocenters. The van der Waals surface area contributed by atoms with Crippen molar-refractivity contribution in [2.24, 2.45) is 0 Å². The van der Waals surface area contributed by atoms with Crippen molar-refractivity contribution in [2.45, 2.75) is 71.1 Å². The molecule has 0 saturated carbocycles. The van der Waals surface area contributed by atoms with Gasteiger partial charge in [-0.2, -0.15) is 11.8 Å². The molecule has 4 nitrogen and oxygen atoms in total. The lowest BCUT2D eigenvalue weighted by Crippen LogP contribution is -2.38. The van der Waals surface area contributed by atoms with Crippen molar-refractivity contribution in [2.75, 3.05) is 29.9 Å². The first-order valence-corrected chi connectivity index (χ1v) is 12.1. The zero-order valence-corrected chi connectivity index (χ0v) is 18.2. The minimum Gasteiger partial charge on any atom is -0.337 e. The highest BCUT2D eigenvalue weighted by atomic mass is 32.2. The average Bonchev–Trinajstić information content (AvgIpc) is 2.73. The molecule has 2 rings (SSSR count). The van der Waals surface area contributed by atoms with Gasteiger partial charge >= 0.3 is 0 Å². The number of nitrogens with zero attached hydrogens (tertiary/aromatic N) is 1. The number of anilines is 1. The highest BCUT2D eigenvalue weighted by Crippen LogP contribution is 2.20. The fourth-order valence-electron chi connectivity index (χ4n) is 3.52. The van der Waals surface area contributed by atoms with Crippen LogP contribution in [0.15, 0.2) is 24.3 Å². The van der Waals surface area contributed by atoms with Gasteiger partial charge in [0.1, 0.15) is 0 Å². The number of para-hydroxylation sites is 1. The second-order valence-corrected chi connectivity index (χ2v) is 8.80. The van der Waals surface area contributed by atoms with Gasteiger partial charge in [0.2, 0.25) is 5.91 Å². The van der Waals surface area contributed by atoms with Crippen molar-refractivity contribution >= 4 is 29.3 Å². The van der Waals surface area contributed by atoms with E-state index >= 15 is 0 Å². The number of hydrogen-bond donors (Lipinski definition) is 1. The van der Waals surface area contributed by atoms with Gasteiger partial charge in [0, 0.05) is 31.0 Å². The summed E-state index contributed by atoms with van der Waals surface area (Å²) in [5, 5.41) is 2.96. The number of unbranched alkanes of at least 4 members (excludes halogenated alkanes) is 8. The zero-order valence-electron chi connectivity index (χ0n) is 17.4. The van der Waals surface area contributed by atoms with Gasteiger partial charge in [-0.25, -0.2) is 0 Å². The van der Waals surface area contributed by atoms with Crippen molar-refractivity contribution in [1.82, 2.24) is 4.90 Å². The van der Waals surface area contributed by atoms with Crippen molar-refractivity contribution in [3.05, 3.63) is 29.8 Å². The first kappa shape index (κ1) is 22.8. The minimum atomic E-state index is 0.0115. The normalized spacial score (nSPS) is 14.1. The molecule has 0 bridgehead atoms. The van der Waals surface area contributed by atoms with Gasteiger partial charge in [-0.05, 0) is 18.6 Å². The number of amides is 2. The van der Waals surface area contributed by atoms with E-state index in [-0.39, 0.29) is 11.8 Å². The highest BCUT2D eigenvalue weighted by Gasteiger charge is 2.21. The number of nitrogens with one attached hydrogen (secondary N) is 1. The number of rotatable bonds is 12. The predicted molar refractivity (Wildman–Crippen MR) is 120 cm³/mol. The monoisotopic (exact) mass is 404 g/mol. The van der Waals surface area contributed by atoms with Gasteiger partial charge in [-0.1, -0.05) is 70.4 Å². The summed E-state index contributed by atoms with van der Waals surface area (Å²) in [7, 11) is 0. The lowest BCUT2D eigenvalue weighted by molar-refractivity contribution is -0.116. The number of thioether (sulfide) groups is 1. The summed E-state index contributed by atoms with van der Waals surface area (Å²) < 4.78 is 0. The van der Waals surface area contributed by atoms with Crippen molar-refractivity contribution in [1.29, 1.82) is 0 Å². The van der Waals surface area contributed by atoms with Gasteiger partial charge in [-0.15, -0.1) is 0 Å². The Bertz CT molecular complexity index is 600. The molecule has 1 fully saturated rings. The Labute approximate surface area is 174 Å². The zero-order chi connectivity index (χ0) is 20.0. The van der Waals surface area contributed by atoms with Gasteiger partial charge in [0.15, 0.2) is 0 Å². The van der Waals surface area contributed by atoms with Crippen LogP contribution in [0.25, 0.3) is 0 Å². The fourth-order valence-corrected chi connectivity index (χ4v) is 4.43. The SMILES string of the molecule is CCCCCCCCCCCC(=O)Nc1ccccc1C(=O)N1CCSCC1. The molecule has 0 radical (unpaired) electrons. The van der Waals surface area contributed by atoms with E-state index in [9.17, 15) is 9.59 Å². The molecule has 1 aromatic carbocycles. The molecule has 0 aromatic heterocycles. The summed E-state index contributed by atoms with van der Waals surface area (Å²) in [6.45, 7) is 3.81. The molecular formula is C23H36N2O2S. The standard InChI is InChI=1S/C23H36N2O2S/c1-2-3-4-5-6-7-8-9-10-15-22(26)24-21-14-12-11-13-20(21)23(27)25-16-18-28-19-17-25/h11-14H,2-10,15-19H2,1H3,(H,24,26). The van der Waals surface area contributed by atoms with Gasteiger partial charge in [-0.3, -0.25) is 9.59 Å². The van der Waals surface area contributed by atoms with Crippen molar-refractivity contribution < 1.29 is 9.59 Å². The molecular weight excluding hydrogens is 368 g/mol. The van der Waals surface area contributed by atoms with Crippen LogP contribution in [-0.4, -0.2) is 41.3 Å². The third-order valence-corrected chi connectivity index (χ3v) is 6.18. The van der Waals surface area contributed by atoms with Crippen LogP contribution in [0.4, 0.5) is 5.69 Å². The summed E-state index contributed by atoms with van der Waals surface area (Å²) in [5.41, 5.74) is 1.25. The average molecular weight is 405 g/mol. The van der Waals surface area contributed by atoms with E-state index in [1.54, 1.807) is 0 Å². The van der Waals surface area contributed by atoms with Crippen LogP contribution >= 0.6 is 11.8 Å². The number of carbonyl (C=O) groups excluding carboxylic acids is 2. The minimum absolute atomic E-state index is 0.0115. The summed E-state index contributed by atoms with van der Waals surface area (Å²) in [6.07, 6.45) is 11.7. The largest absolute Gasteiger partial charge is 0.337 e. The molecule has 28 heavy (non-hydrogen) atoms. The summed E-state index contributed by atoms with van der Waals surface area (Å²) in [5.74, 6) is 2.01. The van der Waals surface area contributed by atoms with Gasteiger partial charge in [0.05, 0.1) is 11.3 Å². The Kier molecular flexibility index (Phi) is 11.1. The maximum atomic E-state index is 12.8. The van der Waals surface area contributed by atoms with E-state index in [4.69, 9.17) is 0 Å². The second-order valence-electron chi connectivity index (χ2n) is 7.58. The molecule has 5 heteroatoms. The third kappa shape index (κ3) is 8.26. The van der Waals surface area contributed by atoms with Crippen LogP contribution in [-0.2, 0) is 4.79 Å². The predicted octanol–water partition coefficient (Wildman–Crippen LogP) is 5.74. The molecule has 1 aliphatic rings. The van der Waals surface area contributed by atoms with E-state index in [0.717, 1.165) is 37.4 Å². The molecule has 0 spiro atoms. The lowest BCUT2D eigenvalue weighted by atomic mass is 10.1. The second kappa shape index (κ2) is 13.6. The van der Waals surface area contributed by atoms with E-state index in [2.05, 4.69) is 12.2 Å². The molecule has 0 atom stereocenters. The Morgan fingerprint density at radius 3 is 2.21 bits per heavy atom. The molecule has 1 aromatic rings. The molecule has 1 aliphatic heterocycles. The molecule has 1 heterocycles.